The zero-order chi connectivity index (χ0) is 21.3. The smallest absolute Gasteiger partial charge is 0.296 e. The lowest BCUT2D eigenvalue weighted by Gasteiger charge is -2.12. The average Bonchev–Trinajstić information content (AvgIpc) is 2.77. The molecule has 2 aromatic carbocycles. The van der Waals surface area contributed by atoms with Crippen LogP contribution in [0, 0.1) is 0 Å². The van der Waals surface area contributed by atoms with Gasteiger partial charge in [0.15, 0.2) is 5.65 Å². The molecule has 0 amide bonds. The van der Waals surface area contributed by atoms with Gasteiger partial charge in [-0.3, -0.25) is 4.79 Å². The molecule has 0 spiro atoms. The zero-order valence-corrected chi connectivity index (χ0v) is 16.4. The summed E-state index contributed by atoms with van der Waals surface area (Å²) in [6, 6.07) is 18.4. The first-order valence-electron chi connectivity index (χ1n) is 8.94. The Labute approximate surface area is 171 Å². The topological polar surface area (TPSA) is 122 Å². The van der Waals surface area contributed by atoms with Gasteiger partial charge in [-0.05, 0) is 17.2 Å². The summed E-state index contributed by atoms with van der Waals surface area (Å²) in [6.07, 6.45) is 1.02. The molecule has 0 aliphatic heterocycles. The number of nitrogens with zero attached hydrogens (tertiary/aromatic N) is 2. The second-order valence-corrected chi connectivity index (χ2v) is 8.33. The number of hydrogen-bond donors (Lipinski definition) is 3. The summed E-state index contributed by atoms with van der Waals surface area (Å²) >= 11 is 0. The van der Waals surface area contributed by atoms with E-state index in [9.17, 15) is 23.5 Å². The van der Waals surface area contributed by atoms with E-state index in [1.54, 1.807) is 54.6 Å². The summed E-state index contributed by atoms with van der Waals surface area (Å²) < 4.78 is 28.2. The lowest BCUT2D eigenvalue weighted by molar-refractivity contribution is 0.186. The van der Waals surface area contributed by atoms with E-state index in [0.29, 0.717) is 10.3 Å². The van der Waals surface area contributed by atoms with Crippen LogP contribution in [0.15, 0.2) is 82.6 Å². The summed E-state index contributed by atoms with van der Waals surface area (Å²) in [5.41, 5.74) is -0.122. The van der Waals surface area contributed by atoms with E-state index in [4.69, 9.17) is 0 Å². The Morgan fingerprint density at radius 3 is 2.30 bits per heavy atom. The Kier molecular flexibility index (Phi) is 4.98. The van der Waals surface area contributed by atoms with Gasteiger partial charge in [-0.1, -0.05) is 60.7 Å². The molecule has 9 heteroatoms. The largest absolute Gasteiger partial charge is 0.506 e. The Hall–Kier alpha value is -3.69. The van der Waals surface area contributed by atoms with Crippen LogP contribution < -0.4 is 10.3 Å². The molecule has 0 bridgehead atoms. The highest BCUT2D eigenvalue weighted by Crippen LogP contribution is 2.32. The molecule has 0 saturated carbocycles. The SMILES string of the molecule is O=c1c(-c2ccccc2)c(O)c2cc(S(=O)(=O)NCc3ccccc3)cnc2n1O. The third kappa shape index (κ3) is 3.51. The van der Waals surface area contributed by atoms with E-state index in [-0.39, 0.29) is 28.0 Å². The van der Waals surface area contributed by atoms with Gasteiger partial charge in [0.1, 0.15) is 10.6 Å². The standard InChI is InChI=1S/C21H17N3O5S/c25-19-17-11-16(30(28,29)23-12-14-7-3-1-4-8-14)13-22-20(17)24(27)21(26)18(19)15-9-5-2-6-10-15/h1-11,13,23,25,27H,12H2. The molecule has 8 nitrogen and oxygen atoms in total. The highest BCUT2D eigenvalue weighted by Gasteiger charge is 2.22. The van der Waals surface area contributed by atoms with Crippen molar-refractivity contribution in [1.82, 2.24) is 14.4 Å². The van der Waals surface area contributed by atoms with E-state index in [1.807, 2.05) is 6.07 Å². The zero-order valence-electron chi connectivity index (χ0n) is 15.6. The van der Waals surface area contributed by atoms with Crippen LogP contribution in [-0.4, -0.2) is 28.4 Å². The Bertz CT molecular complexity index is 1390. The number of hydrogen-bond acceptors (Lipinski definition) is 6. The van der Waals surface area contributed by atoms with Crippen molar-refractivity contribution in [2.45, 2.75) is 11.4 Å². The number of aromatic hydroxyl groups is 1. The minimum absolute atomic E-state index is 0.0708. The fourth-order valence-electron chi connectivity index (χ4n) is 3.09. The maximum atomic E-state index is 12.7. The molecule has 0 saturated heterocycles. The lowest BCUT2D eigenvalue weighted by atomic mass is 10.0. The third-order valence-electron chi connectivity index (χ3n) is 4.62. The first-order chi connectivity index (χ1) is 14.4. The Balaban J connectivity index is 1.81. The highest BCUT2D eigenvalue weighted by atomic mass is 32.2. The first kappa shape index (κ1) is 19.6. The van der Waals surface area contributed by atoms with Gasteiger partial charge in [0.25, 0.3) is 5.56 Å². The Morgan fingerprint density at radius 1 is 1.00 bits per heavy atom. The van der Waals surface area contributed by atoms with E-state index >= 15 is 0 Å². The third-order valence-corrected chi connectivity index (χ3v) is 5.99. The second-order valence-electron chi connectivity index (χ2n) is 6.56. The van der Waals surface area contributed by atoms with E-state index in [0.717, 1.165) is 11.8 Å². The number of nitrogens with one attached hydrogen (secondary N) is 1. The monoisotopic (exact) mass is 423 g/mol. The molecule has 2 aromatic heterocycles. The van der Waals surface area contributed by atoms with Crippen molar-refractivity contribution in [3.63, 3.8) is 0 Å². The van der Waals surface area contributed by atoms with Crippen LogP contribution in [0.4, 0.5) is 0 Å². The molecule has 0 unspecified atom stereocenters. The van der Waals surface area contributed by atoms with Crippen LogP contribution in [0.2, 0.25) is 0 Å². The molecule has 4 aromatic rings. The van der Waals surface area contributed by atoms with Crippen LogP contribution >= 0.6 is 0 Å². The van der Waals surface area contributed by atoms with Crippen LogP contribution in [-0.2, 0) is 16.6 Å². The number of fused-ring (bicyclic) bond motifs is 1. The molecular weight excluding hydrogens is 406 g/mol. The molecule has 152 valence electrons. The minimum Gasteiger partial charge on any atom is -0.506 e. The summed E-state index contributed by atoms with van der Waals surface area (Å²) in [6.45, 7) is 0.0714. The Morgan fingerprint density at radius 2 is 1.63 bits per heavy atom. The van der Waals surface area contributed by atoms with Crippen molar-refractivity contribution < 1.29 is 18.7 Å². The van der Waals surface area contributed by atoms with E-state index in [2.05, 4.69) is 9.71 Å². The fourth-order valence-corrected chi connectivity index (χ4v) is 4.08. The van der Waals surface area contributed by atoms with Gasteiger partial charge in [-0.25, -0.2) is 18.1 Å². The molecule has 0 fully saturated rings. The van der Waals surface area contributed by atoms with Crippen molar-refractivity contribution in [3.05, 3.63) is 88.8 Å². The lowest BCUT2D eigenvalue weighted by Crippen LogP contribution is -2.24. The minimum atomic E-state index is -3.96. The molecule has 0 aliphatic carbocycles. The number of pyridine rings is 2. The van der Waals surface area contributed by atoms with Gasteiger partial charge in [-0.2, -0.15) is 0 Å². The maximum absolute atomic E-state index is 12.7. The molecule has 0 radical (unpaired) electrons. The van der Waals surface area contributed by atoms with Crippen LogP contribution in [0.3, 0.4) is 0 Å². The van der Waals surface area contributed by atoms with Gasteiger partial charge in [-0.15, -0.1) is 4.73 Å². The average molecular weight is 423 g/mol. The van der Waals surface area contributed by atoms with Crippen LogP contribution in [0.25, 0.3) is 22.2 Å². The van der Waals surface area contributed by atoms with Crippen LogP contribution in [0.5, 0.6) is 5.75 Å². The highest BCUT2D eigenvalue weighted by molar-refractivity contribution is 7.89. The normalized spacial score (nSPS) is 11.6. The summed E-state index contributed by atoms with van der Waals surface area (Å²) in [7, 11) is -3.96. The van der Waals surface area contributed by atoms with Crippen LogP contribution in [0.1, 0.15) is 5.56 Å². The van der Waals surface area contributed by atoms with Gasteiger partial charge >= 0.3 is 0 Å². The van der Waals surface area contributed by atoms with E-state index in [1.165, 1.54) is 6.07 Å². The molecule has 2 heterocycles. The molecule has 3 N–H and O–H groups in total. The van der Waals surface area contributed by atoms with Gasteiger partial charge in [0.2, 0.25) is 10.0 Å². The number of rotatable bonds is 5. The molecule has 0 atom stereocenters. The molecule has 4 rings (SSSR count). The molecular formula is C21H17N3O5S. The number of aromatic nitrogens is 2. The van der Waals surface area contributed by atoms with Crippen molar-refractivity contribution in [2.75, 3.05) is 0 Å². The summed E-state index contributed by atoms with van der Waals surface area (Å²) in [5.74, 6) is -0.459. The van der Waals surface area contributed by atoms with Crippen molar-refractivity contribution in [2.24, 2.45) is 0 Å². The summed E-state index contributed by atoms with van der Waals surface area (Å²) in [5, 5.41) is 20.9. The number of sulfonamides is 1. The van der Waals surface area contributed by atoms with Crippen molar-refractivity contribution in [1.29, 1.82) is 0 Å². The van der Waals surface area contributed by atoms with Gasteiger partial charge < -0.3 is 10.3 Å². The first-order valence-corrected chi connectivity index (χ1v) is 10.4. The van der Waals surface area contributed by atoms with Gasteiger partial charge in [0, 0.05) is 12.7 Å². The van der Waals surface area contributed by atoms with Crippen molar-refractivity contribution in [3.8, 4) is 16.9 Å². The summed E-state index contributed by atoms with van der Waals surface area (Å²) in [4.78, 5) is 16.2. The second kappa shape index (κ2) is 7.62. The van der Waals surface area contributed by atoms with Gasteiger partial charge in [0.05, 0.1) is 10.9 Å². The number of benzene rings is 2. The molecule has 30 heavy (non-hydrogen) atoms. The predicted molar refractivity (Wildman–Crippen MR) is 111 cm³/mol. The van der Waals surface area contributed by atoms with Crippen molar-refractivity contribution >= 4 is 21.1 Å². The molecule has 0 aliphatic rings. The fraction of sp³-hybridized carbons (Fsp3) is 0.0476. The quantitative estimate of drug-likeness (QED) is 0.424. The maximum Gasteiger partial charge on any atom is 0.296 e. The van der Waals surface area contributed by atoms with E-state index < -0.39 is 21.3 Å². The predicted octanol–water partition coefficient (Wildman–Crippen LogP) is 2.48.